The highest BCUT2D eigenvalue weighted by atomic mass is 32.2. The molecule has 0 bridgehead atoms. The van der Waals surface area contributed by atoms with Crippen LogP contribution in [0, 0.1) is 0 Å². The van der Waals surface area contributed by atoms with E-state index in [0.717, 1.165) is 6.42 Å². The molecular weight excluding hydrogens is 132 g/mol. The molecule has 0 saturated carbocycles. The predicted molar refractivity (Wildman–Crippen MR) is 44.1 cm³/mol. The Labute approximate surface area is 61.2 Å². The maximum Gasteiger partial charge on any atom is 0.0227 e. The van der Waals surface area contributed by atoms with Gasteiger partial charge in [0, 0.05) is 6.04 Å². The predicted octanol–water partition coefficient (Wildman–Crippen LogP) is 1.32. The molecule has 0 rings (SSSR count). The van der Waals surface area contributed by atoms with Crippen molar-refractivity contribution in [3.8, 4) is 0 Å². The van der Waals surface area contributed by atoms with Gasteiger partial charge >= 0.3 is 0 Å². The second-order valence-electron chi connectivity index (χ2n) is 1.88. The smallest absolute Gasteiger partial charge is 0.0227 e. The number of rotatable bonds is 5. The fourth-order valence-electron chi connectivity index (χ4n) is 0.468. The summed E-state index contributed by atoms with van der Waals surface area (Å²) in [5, 5.41) is 0. The van der Waals surface area contributed by atoms with E-state index in [1.165, 1.54) is 0 Å². The summed E-state index contributed by atoms with van der Waals surface area (Å²) in [5.74, 6) is 0. The molecule has 9 heavy (non-hydrogen) atoms. The average Bonchev–Trinajstić information content (AvgIpc) is 1.85. The molecule has 0 aromatic carbocycles. The zero-order valence-electron chi connectivity index (χ0n) is 5.98. The Morgan fingerprint density at radius 3 is 2.89 bits per heavy atom. The average molecular weight is 146 g/mol. The van der Waals surface area contributed by atoms with E-state index < -0.39 is 0 Å². The Hall–Kier alpha value is 0.0100. The highest BCUT2D eigenvalue weighted by molar-refractivity contribution is 7.96. The molecule has 0 aliphatic heterocycles. The Kier molecular flexibility index (Phi) is 6.14. The minimum atomic E-state index is 0.468. The normalized spacial score (nSPS) is 13.1. The molecule has 0 spiro atoms. The first kappa shape index (κ1) is 9.01. The van der Waals surface area contributed by atoms with Crippen LogP contribution in [0.3, 0.4) is 0 Å². The van der Waals surface area contributed by atoms with Gasteiger partial charge in [0.05, 0.1) is 0 Å². The standard InChI is InChI=1S/C6H14N2S/c1-4-5-6(2)7-8-9-3/h4,6-8H,1,5H2,2-3H3. The molecule has 54 valence electrons. The van der Waals surface area contributed by atoms with Gasteiger partial charge in [-0.15, -0.1) is 6.58 Å². The summed E-state index contributed by atoms with van der Waals surface area (Å²) < 4.78 is 0. The highest BCUT2D eigenvalue weighted by Gasteiger charge is 1.93. The third-order valence-corrected chi connectivity index (χ3v) is 1.25. The van der Waals surface area contributed by atoms with E-state index in [4.69, 9.17) is 0 Å². The van der Waals surface area contributed by atoms with Crippen LogP contribution in [0.15, 0.2) is 12.7 Å². The second-order valence-corrected chi connectivity index (χ2v) is 2.49. The zero-order valence-corrected chi connectivity index (χ0v) is 6.79. The molecule has 0 aromatic rings. The van der Waals surface area contributed by atoms with Gasteiger partial charge in [-0.1, -0.05) is 18.0 Å². The van der Waals surface area contributed by atoms with E-state index in [1.54, 1.807) is 11.9 Å². The Balaban J connectivity index is 3.04. The van der Waals surface area contributed by atoms with Gasteiger partial charge in [0.1, 0.15) is 0 Å². The van der Waals surface area contributed by atoms with Crippen molar-refractivity contribution in [1.82, 2.24) is 10.3 Å². The van der Waals surface area contributed by atoms with E-state index in [2.05, 4.69) is 23.8 Å². The SMILES string of the molecule is C=CCC(C)NNSC. The fourth-order valence-corrected chi connectivity index (χ4v) is 0.787. The van der Waals surface area contributed by atoms with Crippen LogP contribution >= 0.6 is 11.9 Å². The molecular formula is C6H14N2S. The van der Waals surface area contributed by atoms with E-state index in [1.807, 2.05) is 12.3 Å². The molecule has 0 aromatic heterocycles. The lowest BCUT2D eigenvalue weighted by Crippen LogP contribution is -2.33. The summed E-state index contributed by atoms with van der Waals surface area (Å²) in [4.78, 5) is 2.95. The lowest BCUT2D eigenvalue weighted by Gasteiger charge is -2.09. The first-order valence-corrected chi connectivity index (χ1v) is 4.18. The Morgan fingerprint density at radius 2 is 2.44 bits per heavy atom. The van der Waals surface area contributed by atoms with E-state index in [0.29, 0.717) is 6.04 Å². The van der Waals surface area contributed by atoms with Gasteiger partial charge in [-0.05, 0) is 19.6 Å². The van der Waals surface area contributed by atoms with E-state index in [9.17, 15) is 0 Å². The first-order valence-electron chi connectivity index (χ1n) is 2.95. The molecule has 0 amide bonds. The summed E-state index contributed by atoms with van der Waals surface area (Å²) >= 11 is 1.56. The van der Waals surface area contributed by atoms with Crippen molar-refractivity contribution < 1.29 is 0 Å². The van der Waals surface area contributed by atoms with Crippen molar-refractivity contribution >= 4 is 11.9 Å². The van der Waals surface area contributed by atoms with Crippen LogP contribution in [-0.2, 0) is 0 Å². The van der Waals surface area contributed by atoms with Crippen molar-refractivity contribution in [2.24, 2.45) is 0 Å². The van der Waals surface area contributed by atoms with Crippen LogP contribution < -0.4 is 10.3 Å². The maximum atomic E-state index is 3.63. The minimum absolute atomic E-state index is 0.468. The Bertz CT molecular complexity index is 75.5. The monoisotopic (exact) mass is 146 g/mol. The summed E-state index contributed by atoms with van der Waals surface area (Å²) in [5.41, 5.74) is 3.07. The van der Waals surface area contributed by atoms with Crippen LogP contribution in [0.4, 0.5) is 0 Å². The lowest BCUT2D eigenvalue weighted by molar-refractivity contribution is 0.546. The third-order valence-electron chi connectivity index (χ3n) is 0.928. The van der Waals surface area contributed by atoms with Gasteiger partial charge in [0.2, 0.25) is 0 Å². The molecule has 1 unspecified atom stereocenters. The summed E-state index contributed by atoms with van der Waals surface area (Å²) in [6.07, 6.45) is 4.88. The van der Waals surface area contributed by atoms with Crippen LogP contribution in [0.25, 0.3) is 0 Å². The van der Waals surface area contributed by atoms with Crippen LogP contribution in [-0.4, -0.2) is 12.3 Å². The molecule has 1 atom stereocenters. The first-order chi connectivity index (χ1) is 4.31. The van der Waals surface area contributed by atoms with Gasteiger partial charge in [-0.2, -0.15) is 0 Å². The van der Waals surface area contributed by atoms with E-state index >= 15 is 0 Å². The molecule has 3 heteroatoms. The van der Waals surface area contributed by atoms with Crippen LogP contribution in [0.2, 0.25) is 0 Å². The molecule has 2 N–H and O–H groups in total. The fraction of sp³-hybridized carbons (Fsp3) is 0.667. The van der Waals surface area contributed by atoms with Gasteiger partial charge in [-0.25, -0.2) is 10.3 Å². The molecule has 0 saturated heterocycles. The Morgan fingerprint density at radius 1 is 1.78 bits per heavy atom. The van der Waals surface area contributed by atoms with Crippen molar-refractivity contribution in [3.05, 3.63) is 12.7 Å². The molecule has 0 heterocycles. The molecule has 0 aliphatic carbocycles. The topological polar surface area (TPSA) is 24.1 Å². The van der Waals surface area contributed by atoms with Crippen LogP contribution in [0.5, 0.6) is 0 Å². The van der Waals surface area contributed by atoms with Gasteiger partial charge in [0.25, 0.3) is 0 Å². The quantitative estimate of drug-likeness (QED) is 0.347. The molecule has 2 nitrogen and oxygen atoms in total. The molecule has 0 aliphatic rings. The molecule has 0 fully saturated rings. The van der Waals surface area contributed by atoms with Crippen molar-refractivity contribution in [1.29, 1.82) is 0 Å². The summed E-state index contributed by atoms with van der Waals surface area (Å²) in [6.45, 7) is 5.74. The van der Waals surface area contributed by atoms with Crippen molar-refractivity contribution in [2.45, 2.75) is 19.4 Å². The number of hydrazine groups is 1. The number of hydrogen-bond acceptors (Lipinski definition) is 3. The number of hydrogen-bond donors (Lipinski definition) is 2. The lowest BCUT2D eigenvalue weighted by atomic mass is 10.2. The highest BCUT2D eigenvalue weighted by Crippen LogP contribution is 1.89. The van der Waals surface area contributed by atoms with Crippen molar-refractivity contribution in [2.75, 3.05) is 6.26 Å². The number of nitrogens with one attached hydrogen (secondary N) is 2. The summed E-state index contributed by atoms with van der Waals surface area (Å²) in [6, 6.07) is 0.468. The third kappa shape index (κ3) is 5.89. The second kappa shape index (κ2) is 6.13. The van der Waals surface area contributed by atoms with Crippen LogP contribution in [0.1, 0.15) is 13.3 Å². The largest absolute Gasteiger partial charge is 0.245 e. The zero-order chi connectivity index (χ0) is 7.11. The van der Waals surface area contributed by atoms with E-state index in [-0.39, 0.29) is 0 Å². The molecule has 0 radical (unpaired) electrons. The van der Waals surface area contributed by atoms with Gasteiger partial charge in [-0.3, -0.25) is 0 Å². The van der Waals surface area contributed by atoms with Gasteiger partial charge < -0.3 is 0 Å². The maximum absolute atomic E-state index is 3.63. The van der Waals surface area contributed by atoms with Gasteiger partial charge in [0.15, 0.2) is 0 Å². The van der Waals surface area contributed by atoms with Crippen molar-refractivity contribution in [3.63, 3.8) is 0 Å². The summed E-state index contributed by atoms with van der Waals surface area (Å²) in [7, 11) is 0. The minimum Gasteiger partial charge on any atom is -0.245 e.